The molecule has 84 valence electrons. The Morgan fingerprint density at radius 2 is 1.73 bits per heavy atom. The average Bonchev–Trinajstić information content (AvgIpc) is 2.29. The van der Waals surface area contributed by atoms with Crippen molar-refractivity contribution in [2.75, 3.05) is 7.11 Å². The highest BCUT2D eigenvalue weighted by Gasteiger charge is 2.13. The van der Waals surface area contributed by atoms with E-state index in [9.17, 15) is 5.11 Å². The fraction of sp³-hybridized carbons (Fsp3) is 0.538. The van der Waals surface area contributed by atoms with Crippen LogP contribution in [-0.4, -0.2) is 24.4 Å². The van der Waals surface area contributed by atoms with Crippen molar-refractivity contribution < 1.29 is 9.84 Å². The Hall–Kier alpha value is -0.860. The van der Waals surface area contributed by atoms with Crippen LogP contribution >= 0.6 is 0 Å². The average molecular weight is 208 g/mol. The van der Waals surface area contributed by atoms with Crippen LogP contribution in [0, 0.1) is 0 Å². The second kappa shape index (κ2) is 5.89. The van der Waals surface area contributed by atoms with Gasteiger partial charge in [0.1, 0.15) is 0 Å². The van der Waals surface area contributed by atoms with Crippen molar-refractivity contribution in [3.8, 4) is 0 Å². The molecule has 2 atom stereocenters. The van der Waals surface area contributed by atoms with Gasteiger partial charge in [0, 0.05) is 13.5 Å². The van der Waals surface area contributed by atoms with Crippen LogP contribution < -0.4 is 0 Å². The number of aryl methyl sites for hydroxylation is 1. The van der Waals surface area contributed by atoms with Gasteiger partial charge in [-0.3, -0.25) is 0 Å². The van der Waals surface area contributed by atoms with Crippen LogP contribution in [0.15, 0.2) is 24.3 Å². The van der Waals surface area contributed by atoms with Crippen LogP contribution in [0.5, 0.6) is 0 Å². The minimum absolute atomic E-state index is 0.115. The summed E-state index contributed by atoms with van der Waals surface area (Å²) in [4.78, 5) is 0. The van der Waals surface area contributed by atoms with E-state index in [4.69, 9.17) is 4.74 Å². The van der Waals surface area contributed by atoms with Crippen molar-refractivity contribution in [3.63, 3.8) is 0 Å². The zero-order valence-corrected chi connectivity index (χ0v) is 9.73. The van der Waals surface area contributed by atoms with E-state index in [-0.39, 0.29) is 6.10 Å². The van der Waals surface area contributed by atoms with E-state index in [1.807, 2.05) is 6.92 Å². The number of hydrogen-bond acceptors (Lipinski definition) is 2. The first kappa shape index (κ1) is 12.2. The molecule has 0 aliphatic carbocycles. The first-order chi connectivity index (χ1) is 7.17. The van der Waals surface area contributed by atoms with Gasteiger partial charge in [0.15, 0.2) is 0 Å². The molecule has 0 aliphatic rings. The van der Waals surface area contributed by atoms with Crippen molar-refractivity contribution in [2.24, 2.45) is 0 Å². The molecule has 2 unspecified atom stereocenters. The Bertz CT molecular complexity index is 279. The summed E-state index contributed by atoms with van der Waals surface area (Å²) in [5.74, 6) is 0. The standard InChI is InChI=1S/C13H20O2/c1-4-11-5-7-12(8-6-11)9-13(14)10(2)15-3/h5-8,10,13-14H,4,9H2,1-3H3. The predicted octanol–water partition coefficient (Wildman–Crippen LogP) is 2.19. The van der Waals surface area contributed by atoms with Crippen LogP contribution in [0.25, 0.3) is 0 Å². The lowest BCUT2D eigenvalue weighted by atomic mass is 10.0. The van der Waals surface area contributed by atoms with Crippen LogP contribution in [0.4, 0.5) is 0 Å². The summed E-state index contributed by atoms with van der Waals surface area (Å²) in [6, 6.07) is 8.37. The lowest BCUT2D eigenvalue weighted by Crippen LogP contribution is -2.26. The largest absolute Gasteiger partial charge is 0.390 e. The van der Waals surface area contributed by atoms with Crippen molar-refractivity contribution in [1.29, 1.82) is 0 Å². The zero-order chi connectivity index (χ0) is 11.3. The summed E-state index contributed by atoms with van der Waals surface area (Å²) >= 11 is 0. The van der Waals surface area contributed by atoms with Gasteiger partial charge in [-0.05, 0) is 24.5 Å². The Morgan fingerprint density at radius 3 is 2.20 bits per heavy atom. The van der Waals surface area contributed by atoms with Gasteiger partial charge in [0.2, 0.25) is 0 Å². The Morgan fingerprint density at radius 1 is 1.20 bits per heavy atom. The van der Waals surface area contributed by atoms with Gasteiger partial charge < -0.3 is 9.84 Å². The number of aliphatic hydroxyl groups is 1. The summed E-state index contributed by atoms with van der Waals surface area (Å²) in [7, 11) is 1.62. The van der Waals surface area contributed by atoms with E-state index in [1.54, 1.807) is 7.11 Å². The molecule has 0 bridgehead atoms. The molecule has 1 aromatic rings. The van der Waals surface area contributed by atoms with E-state index in [1.165, 1.54) is 5.56 Å². The maximum atomic E-state index is 9.77. The molecule has 2 nitrogen and oxygen atoms in total. The minimum atomic E-state index is -0.428. The van der Waals surface area contributed by atoms with Gasteiger partial charge >= 0.3 is 0 Å². The first-order valence-corrected chi connectivity index (χ1v) is 5.46. The van der Waals surface area contributed by atoms with Crippen molar-refractivity contribution in [2.45, 2.75) is 38.9 Å². The molecule has 1 N–H and O–H groups in total. The Labute approximate surface area is 91.9 Å². The maximum absolute atomic E-state index is 9.77. The molecule has 0 radical (unpaired) electrons. The lowest BCUT2D eigenvalue weighted by Gasteiger charge is -2.17. The van der Waals surface area contributed by atoms with Gasteiger partial charge in [-0.1, -0.05) is 31.2 Å². The third-order valence-electron chi connectivity index (χ3n) is 2.79. The molecule has 15 heavy (non-hydrogen) atoms. The molecule has 0 spiro atoms. The highest BCUT2D eigenvalue weighted by molar-refractivity contribution is 5.23. The zero-order valence-electron chi connectivity index (χ0n) is 9.73. The van der Waals surface area contributed by atoms with E-state index in [0.717, 1.165) is 12.0 Å². The fourth-order valence-electron chi connectivity index (χ4n) is 1.48. The second-order valence-electron chi connectivity index (χ2n) is 3.88. The van der Waals surface area contributed by atoms with Crippen molar-refractivity contribution in [1.82, 2.24) is 0 Å². The van der Waals surface area contributed by atoms with Crippen molar-refractivity contribution in [3.05, 3.63) is 35.4 Å². The molecule has 0 saturated carbocycles. The quantitative estimate of drug-likeness (QED) is 0.803. The van der Waals surface area contributed by atoms with E-state index in [2.05, 4.69) is 31.2 Å². The summed E-state index contributed by atoms with van der Waals surface area (Å²) < 4.78 is 5.08. The van der Waals surface area contributed by atoms with Crippen molar-refractivity contribution >= 4 is 0 Å². The predicted molar refractivity (Wildman–Crippen MR) is 62.0 cm³/mol. The highest BCUT2D eigenvalue weighted by Crippen LogP contribution is 2.10. The molecule has 0 amide bonds. The summed E-state index contributed by atoms with van der Waals surface area (Å²) in [6.45, 7) is 4.02. The molecule has 0 aliphatic heterocycles. The van der Waals surface area contributed by atoms with Gasteiger partial charge in [0.05, 0.1) is 12.2 Å². The fourth-order valence-corrected chi connectivity index (χ4v) is 1.48. The van der Waals surface area contributed by atoms with Crippen LogP contribution in [0.1, 0.15) is 25.0 Å². The van der Waals surface area contributed by atoms with Gasteiger partial charge in [-0.2, -0.15) is 0 Å². The SMILES string of the molecule is CCc1ccc(CC(O)C(C)OC)cc1. The van der Waals surface area contributed by atoms with Gasteiger partial charge in [-0.25, -0.2) is 0 Å². The van der Waals surface area contributed by atoms with E-state index in [0.29, 0.717) is 6.42 Å². The molecule has 0 heterocycles. The number of methoxy groups -OCH3 is 1. The molecular weight excluding hydrogens is 188 g/mol. The third kappa shape index (κ3) is 3.65. The summed E-state index contributed by atoms with van der Waals surface area (Å²) in [6.07, 6.45) is 1.16. The Kier molecular flexibility index (Phi) is 4.79. The second-order valence-corrected chi connectivity index (χ2v) is 3.88. The third-order valence-corrected chi connectivity index (χ3v) is 2.79. The highest BCUT2D eigenvalue weighted by atomic mass is 16.5. The van der Waals surface area contributed by atoms with Crippen LogP contribution in [-0.2, 0) is 17.6 Å². The number of hydrogen-bond donors (Lipinski definition) is 1. The molecule has 1 rings (SSSR count). The monoisotopic (exact) mass is 208 g/mol. The first-order valence-electron chi connectivity index (χ1n) is 5.46. The smallest absolute Gasteiger partial charge is 0.0839 e. The molecule has 0 aromatic heterocycles. The summed E-state index contributed by atoms with van der Waals surface area (Å²) in [5, 5.41) is 9.77. The maximum Gasteiger partial charge on any atom is 0.0839 e. The summed E-state index contributed by atoms with van der Waals surface area (Å²) in [5.41, 5.74) is 2.48. The van der Waals surface area contributed by atoms with Crippen LogP contribution in [0.2, 0.25) is 0 Å². The molecule has 1 aromatic carbocycles. The lowest BCUT2D eigenvalue weighted by molar-refractivity contribution is 0.000406. The topological polar surface area (TPSA) is 29.5 Å². The van der Waals surface area contributed by atoms with Crippen LogP contribution in [0.3, 0.4) is 0 Å². The minimum Gasteiger partial charge on any atom is -0.390 e. The van der Waals surface area contributed by atoms with Gasteiger partial charge in [0.25, 0.3) is 0 Å². The molecular formula is C13H20O2. The number of rotatable bonds is 5. The molecule has 0 fully saturated rings. The van der Waals surface area contributed by atoms with E-state index >= 15 is 0 Å². The van der Waals surface area contributed by atoms with E-state index < -0.39 is 6.10 Å². The number of benzene rings is 1. The van der Waals surface area contributed by atoms with Gasteiger partial charge in [-0.15, -0.1) is 0 Å². The number of ether oxygens (including phenoxy) is 1. The molecule has 2 heteroatoms. The normalized spacial score (nSPS) is 14.9. The number of aliphatic hydroxyl groups excluding tert-OH is 1. The Balaban J connectivity index is 2.57. The molecule has 0 saturated heterocycles.